The van der Waals surface area contributed by atoms with Crippen molar-refractivity contribution in [2.45, 2.75) is 6.92 Å². The van der Waals surface area contributed by atoms with Gasteiger partial charge in [0.1, 0.15) is 0 Å². The third-order valence-electron chi connectivity index (χ3n) is 4.76. The molecule has 0 atom stereocenters. The molecule has 31 heavy (non-hydrogen) atoms. The lowest BCUT2D eigenvalue weighted by molar-refractivity contribution is 0.0582. The first-order valence-corrected chi connectivity index (χ1v) is 9.30. The Morgan fingerprint density at radius 1 is 0.839 bits per heavy atom. The second-order valence-corrected chi connectivity index (χ2v) is 6.66. The van der Waals surface area contributed by atoms with Crippen molar-refractivity contribution in [2.75, 3.05) is 12.4 Å². The summed E-state index contributed by atoms with van der Waals surface area (Å²) in [6.45, 7) is 1.47. The Balaban J connectivity index is 2.22. The standard InChI is InChI=1S/C24H19NO6/c1-14-17(21(26)15-9-5-3-6-10-15)13-18(20(23(28)29)19(14)24(30)31-2)25-22(27)16-11-7-4-8-12-16/h3-13H,1-2H3,(H,25,27)(H,28,29). The van der Waals surface area contributed by atoms with Gasteiger partial charge in [0.25, 0.3) is 5.91 Å². The Labute approximate surface area is 178 Å². The van der Waals surface area contributed by atoms with Gasteiger partial charge >= 0.3 is 11.9 Å². The van der Waals surface area contributed by atoms with E-state index in [-0.39, 0.29) is 27.9 Å². The van der Waals surface area contributed by atoms with Crippen LogP contribution in [0, 0.1) is 6.92 Å². The number of aromatic carboxylic acids is 1. The largest absolute Gasteiger partial charge is 0.478 e. The van der Waals surface area contributed by atoms with Crippen LogP contribution in [0.4, 0.5) is 5.69 Å². The monoisotopic (exact) mass is 417 g/mol. The summed E-state index contributed by atoms with van der Waals surface area (Å²) >= 11 is 0. The minimum absolute atomic E-state index is 0.0833. The molecule has 0 aliphatic rings. The highest BCUT2D eigenvalue weighted by atomic mass is 16.5. The Hall–Kier alpha value is -4.26. The molecule has 3 rings (SSSR count). The molecule has 2 N–H and O–H groups in total. The van der Waals surface area contributed by atoms with Crippen molar-refractivity contribution in [3.63, 3.8) is 0 Å². The molecule has 0 heterocycles. The van der Waals surface area contributed by atoms with E-state index >= 15 is 0 Å². The van der Waals surface area contributed by atoms with Crippen LogP contribution in [0.1, 0.15) is 52.6 Å². The fourth-order valence-corrected chi connectivity index (χ4v) is 3.22. The van der Waals surface area contributed by atoms with Gasteiger partial charge in [-0.3, -0.25) is 9.59 Å². The van der Waals surface area contributed by atoms with E-state index < -0.39 is 29.2 Å². The lowest BCUT2D eigenvalue weighted by atomic mass is 9.90. The van der Waals surface area contributed by atoms with Crippen LogP contribution in [0.2, 0.25) is 0 Å². The molecule has 156 valence electrons. The third kappa shape index (κ3) is 4.35. The summed E-state index contributed by atoms with van der Waals surface area (Å²) in [6, 6.07) is 17.8. The van der Waals surface area contributed by atoms with Gasteiger partial charge in [-0.15, -0.1) is 0 Å². The smallest absolute Gasteiger partial charge is 0.339 e. The van der Waals surface area contributed by atoms with E-state index in [0.717, 1.165) is 7.11 Å². The molecule has 7 nitrogen and oxygen atoms in total. The van der Waals surface area contributed by atoms with E-state index in [1.165, 1.54) is 13.0 Å². The van der Waals surface area contributed by atoms with Crippen molar-refractivity contribution in [2.24, 2.45) is 0 Å². The molecule has 3 aromatic carbocycles. The first-order chi connectivity index (χ1) is 14.8. The molecule has 7 heteroatoms. The quantitative estimate of drug-likeness (QED) is 0.464. The highest BCUT2D eigenvalue weighted by Gasteiger charge is 2.29. The maximum atomic E-state index is 13.1. The number of esters is 1. The topological polar surface area (TPSA) is 110 Å². The van der Waals surface area contributed by atoms with E-state index in [0.29, 0.717) is 5.56 Å². The van der Waals surface area contributed by atoms with Gasteiger partial charge in [-0.05, 0) is 30.7 Å². The molecule has 0 radical (unpaired) electrons. The molecule has 0 aliphatic heterocycles. The third-order valence-corrected chi connectivity index (χ3v) is 4.76. The Morgan fingerprint density at radius 3 is 1.90 bits per heavy atom. The van der Waals surface area contributed by atoms with Crippen LogP contribution in [-0.4, -0.2) is 35.8 Å². The predicted molar refractivity (Wildman–Crippen MR) is 114 cm³/mol. The molecular formula is C24H19NO6. The van der Waals surface area contributed by atoms with Gasteiger partial charge in [-0.1, -0.05) is 48.5 Å². The number of ether oxygens (including phenoxy) is 1. The van der Waals surface area contributed by atoms with E-state index in [9.17, 15) is 24.3 Å². The zero-order chi connectivity index (χ0) is 22.5. The normalized spacial score (nSPS) is 10.3. The predicted octanol–water partition coefficient (Wildman–Crippen LogP) is 3.96. The summed E-state index contributed by atoms with van der Waals surface area (Å²) in [4.78, 5) is 50.3. The fraction of sp³-hybridized carbons (Fsp3) is 0.0833. The number of carbonyl (C=O) groups is 4. The SMILES string of the molecule is COC(=O)c1c(C)c(C(=O)c2ccccc2)cc(NC(=O)c2ccccc2)c1C(=O)O. The summed E-state index contributed by atoms with van der Waals surface area (Å²) in [6.07, 6.45) is 0. The Bertz CT molecular complexity index is 1170. The van der Waals surface area contributed by atoms with Gasteiger partial charge in [-0.2, -0.15) is 0 Å². The fourth-order valence-electron chi connectivity index (χ4n) is 3.22. The first-order valence-electron chi connectivity index (χ1n) is 9.30. The van der Waals surface area contributed by atoms with Gasteiger partial charge in [-0.25, -0.2) is 9.59 Å². The molecule has 3 aromatic rings. The number of benzene rings is 3. The second kappa shape index (κ2) is 9.04. The number of rotatable bonds is 6. The van der Waals surface area contributed by atoms with Crippen molar-refractivity contribution < 1.29 is 29.0 Å². The van der Waals surface area contributed by atoms with Crippen LogP contribution >= 0.6 is 0 Å². The van der Waals surface area contributed by atoms with E-state index in [2.05, 4.69) is 5.32 Å². The van der Waals surface area contributed by atoms with Crippen LogP contribution in [0.3, 0.4) is 0 Å². The minimum atomic E-state index is -1.44. The highest BCUT2D eigenvalue weighted by molar-refractivity contribution is 6.17. The minimum Gasteiger partial charge on any atom is -0.478 e. The van der Waals surface area contributed by atoms with Crippen molar-refractivity contribution in [3.8, 4) is 0 Å². The van der Waals surface area contributed by atoms with Gasteiger partial charge in [0.05, 0.1) is 23.9 Å². The lowest BCUT2D eigenvalue weighted by Crippen LogP contribution is -2.21. The van der Waals surface area contributed by atoms with Gasteiger partial charge < -0.3 is 15.2 Å². The Kier molecular flexibility index (Phi) is 6.26. The average Bonchev–Trinajstić information content (AvgIpc) is 2.79. The zero-order valence-corrected chi connectivity index (χ0v) is 16.8. The van der Waals surface area contributed by atoms with Crippen molar-refractivity contribution in [3.05, 3.63) is 100 Å². The van der Waals surface area contributed by atoms with Crippen LogP contribution in [0.15, 0.2) is 66.7 Å². The molecule has 0 unspecified atom stereocenters. The van der Waals surface area contributed by atoms with Gasteiger partial charge in [0.15, 0.2) is 5.78 Å². The molecule has 1 amide bonds. The molecule has 0 spiro atoms. The number of ketones is 1. The number of carboxylic acid groups (broad SMARTS) is 1. The van der Waals surface area contributed by atoms with Crippen LogP contribution in [-0.2, 0) is 4.74 Å². The summed E-state index contributed by atoms with van der Waals surface area (Å²) in [7, 11) is 1.11. The number of nitrogens with one attached hydrogen (secondary N) is 1. The number of methoxy groups -OCH3 is 1. The van der Waals surface area contributed by atoms with E-state index in [1.54, 1.807) is 60.7 Å². The summed E-state index contributed by atoms with van der Waals surface area (Å²) in [5, 5.41) is 12.3. The molecule has 0 saturated heterocycles. The van der Waals surface area contributed by atoms with Gasteiger partial charge in [0.2, 0.25) is 0 Å². The van der Waals surface area contributed by atoms with Crippen LogP contribution in [0.5, 0.6) is 0 Å². The van der Waals surface area contributed by atoms with Gasteiger partial charge in [0, 0.05) is 16.7 Å². The summed E-state index contributed by atoms with van der Waals surface area (Å²) < 4.78 is 4.77. The summed E-state index contributed by atoms with van der Waals surface area (Å²) in [5.41, 5.74) is -0.0411. The molecule has 0 aliphatic carbocycles. The van der Waals surface area contributed by atoms with Crippen LogP contribution in [0.25, 0.3) is 0 Å². The number of anilines is 1. The van der Waals surface area contributed by atoms with Crippen molar-refractivity contribution in [1.82, 2.24) is 0 Å². The number of hydrogen-bond donors (Lipinski definition) is 2. The summed E-state index contributed by atoms with van der Waals surface area (Å²) in [5.74, 6) is -3.37. The number of carboxylic acids is 1. The molecule has 0 saturated carbocycles. The maximum Gasteiger partial charge on any atom is 0.339 e. The van der Waals surface area contributed by atoms with Crippen molar-refractivity contribution in [1.29, 1.82) is 0 Å². The highest BCUT2D eigenvalue weighted by Crippen LogP contribution is 2.30. The Morgan fingerprint density at radius 2 is 1.39 bits per heavy atom. The number of amides is 1. The van der Waals surface area contributed by atoms with E-state index in [4.69, 9.17) is 4.74 Å². The lowest BCUT2D eigenvalue weighted by Gasteiger charge is -2.17. The molecule has 0 bridgehead atoms. The maximum absolute atomic E-state index is 13.1. The molecular weight excluding hydrogens is 398 g/mol. The van der Waals surface area contributed by atoms with E-state index in [1.807, 2.05) is 0 Å². The molecule has 0 aromatic heterocycles. The average molecular weight is 417 g/mol. The number of carbonyl (C=O) groups excluding carboxylic acids is 3. The second-order valence-electron chi connectivity index (χ2n) is 6.66. The molecule has 0 fully saturated rings. The van der Waals surface area contributed by atoms with Crippen LogP contribution < -0.4 is 5.32 Å². The first kappa shape index (κ1) is 21.4. The zero-order valence-electron chi connectivity index (χ0n) is 16.8. The van der Waals surface area contributed by atoms with Crippen molar-refractivity contribution >= 4 is 29.3 Å². The number of hydrogen-bond acceptors (Lipinski definition) is 5.